The molecule has 30 heavy (non-hydrogen) atoms. The van der Waals surface area contributed by atoms with Gasteiger partial charge in [0.1, 0.15) is 6.20 Å². The molecule has 1 atom stereocenters. The highest BCUT2D eigenvalue weighted by molar-refractivity contribution is 5.92. The number of hydrogen-bond donors (Lipinski definition) is 2. The molecule has 0 fully saturated rings. The van der Waals surface area contributed by atoms with Crippen LogP contribution in [0.3, 0.4) is 0 Å². The number of anilines is 2. The van der Waals surface area contributed by atoms with E-state index in [0.717, 1.165) is 36.3 Å². The number of hydrogen-bond acceptors (Lipinski definition) is 8. The second-order valence-electron chi connectivity index (χ2n) is 8.55. The van der Waals surface area contributed by atoms with Crippen LogP contribution in [0.25, 0.3) is 5.57 Å². The Kier molecular flexibility index (Phi) is 6.43. The molecule has 2 N–H and O–H groups in total. The third-order valence-corrected chi connectivity index (χ3v) is 4.78. The molecule has 1 unspecified atom stereocenters. The number of carbonyl (C=O) groups excluding carboxylic acids is 1. The molecule has 1 amide bonds. The molecule has 0 bridgehead atoms. The zero-order valence-corrected chi connectivity index (χ0v) is 17.7. The Hall–Kier alpha value is -3.30. The Bertz CT molecular complexity index is 919. The largest absolute Gasteiger partial charge is 0.381 e. The number of aromatic nitrogens is 3. The van der Waals surface area contributed by atoms with Gasteiger partial charge < -0.3 is 10.6 Å². The predicted molar refractivity (Wildman–Crippen MR) is 114 cm³/mol. The molecule has 160 valence electrons. The Balaban J connectivity index is 1.71. The van der Waals surface area contributed by atoms with Crippen molar-refractivity contribution in [2.24, 2.45) is 10.7 Å². The Morgan fingerprint density at radius 1 is 1.37 bits per heavy atom. The highest BCUT2D eigenvalue weighted by atomic mass is 16.6. The third kappa shape index (κ3) is 5.40. The average Bonchev–Trinajstić information content (AvgIpc) is 3.27. The van der Waals surface area contributed by atoms with E-state index >= 15 is 0 Å². The lowest BCUT2D eigenvalue weighted by Crippen LogP contribution is -2.35. The molecular weight excluding hydrogens is 386 g/mol. The molecule has 0 aromatic carbocycles. The fourth-order valence-corrected chi connectivity index (χ4v) is 3.13. The van der Waals surface area contributed by atoms with Crippen LogP contribution in [0.5, 0.6) is 0 Å². The maximum Gasteiger partial charge on any atom is 0.275 e. The number of nitrogens with zero attached hydrogens (tertiary/aromatic N) is 5. The summed E-state index contributed by atoms with van der Waals surface area (Å²) in [5.74, 6) is 0.188. The average molecular weight is 413 g/mol. The van der Waals surface area contributed by atoms with E-state index in [-0.39, 0.29) is 23.1 Å². The maximum absolute atomic E-state index is 12.1. The standard InChI is InChI=1S/C20H27N7O3/c1-20(2,3)12-21-16-10-9-15(24-18(16)27(4)26-29)13-5-7-14(8-6-13)23-19(28)17-11-22-30-25-17/h5,9-11,14,21H,6-8,12H2,1-4H3,(H,23,28). The van der Waals surface area contributed by atoms with Crippen molar-refractivity contribution in [3.63, 3.8) is 0 Å². The van der Waals surface area contributed by atoms with Crippen LogP contribution in [0, 0.1) is 10.3 Å². The van der Waals surface area contributed by atoms with Gasteiger partial charge in [-0.25, -0.2) is 14.6 Å². The molecule has 0 saturated heterocycles. The molecular formula is C20H27N7O3. The van der Waals surface area contributed by atoms with Crippen molar-refractivity contribution >= 4 is 23.0 Å². The van der Waals surface area contributed by atoms with Gasteiger partial charge in [-0.2, -0.15) is 0 Å². The summed E-state index contributed by atoms with van der Waals surface area (Å²) in [6.45, 7) is 7.12. The molecule has 2 aromatic rings. The molecule has 0 radical (unpaired) electrons. The minimum absolute atomic E-state index is 0.00413. The zero-order valence-electron chi connectivity index (χ0n) is 17.7. The molecule has 1 aliphatic rings. The SMILES string of the molecule is CN(N=O)c1nc(C2=CCC(NC(=O)c3cnon3)CC2)ccc1NCC(C)(C)C. The van der Waals surface area contributed by atoms with Gasteiger partial charge in [-0.1, -0.05) is 32.0 Å². The van der Waals surface area contributed by atoms with Gasteiger partial charge in [-0.3, -0.25) is 4.79 Å². The van der Waals surface area contributed by atoms with E-state index in [1.54, 1.807) is 7.05 Å². The number of nitroso groups, excluding NO2 is 1. The number of amides is 1. The molecule has 0 aliphatic heterocycles. The Labute approximate surface area is 175 Å². The van der Waals surface area contributed by atoms with E-state index in [0.29, 0.717) is 12.2 Å². The lowest BCUT2D eigenvalue weighted by Gasteiger charge is -2.24. The van der Waals surface area contributed by atoms with Gasteiger partial charge in [-0.15, -0.1) is 4.91 Å². The first-order valence-corrected chi connectivity index (χ1v) is 9.86. The van der Waals surface area contributed by atoms with Crippen molar-refractivity contribution in [2.75, 3.05) is 23.9 Å². The van der Waals surface area contributed by atoms with Crippen LogP contribution in [-0.2, 0) is 0 Å². The van der Waals surface area contributed by atoms with Crippen molar-refractivity contribution < 1.29 is 9.42 Å². The molecule has 0 spiro atoms. The number of allylic oxidation sites excluding steroid dienone is 1. The number of carbonyl (C=O) groups is 1. The summed E-state index contributed by atoms with van der Waals surface area (Å²) >= 11 is 0. The normalized spacial score (nSPS) is 16.5. The van der Waals surface area contributed by atoms with E-state index in [1.807, 2.05) is 12.1 Å². The van der Waals surface area contributed by atoms with Gasteiger partial charge >= 0.3 is 0 Å². The fraction of sp³-hybridized carbons (Fsp3) is 0.500. The van der Waals surface area contributed by atoms with Gasteiger partial charge in [0, 0.05) is 19.6 Å². The van der Waals surface area contributed by atoms with Crippen LogP contribution in [-0.4, -0.2) is 40.8 Å². The van der Waals surface area contributed by atoms with Gasteiger partial charge in [0.05, 0.1) is 16.7 Å². The van der Waals surface area contributed by atoms with Crippen molar-refractivity contribution in [3.8, 4) is 0 Å². The quantitative estimate of drug-likeness (QED) is 0.522. The predicted octanol–water partition coefficient (Wildman–Crippen LogP) is 3.41. The zero-order chi connectivity index (χ0) is 21.7. The van der Waals surface area contributed by atoms with E-state index in [1.165, 1.54) is 11.2 Å². The van der Waals surface area contributed by atoms with E-state index in [2.05, 4.69) is 62.7 Å². The molecule has 3 rings (SSSR count). The lowest BCUT2D eigenvalue weighted by atomic mass is 9.92. The number of pyridine rings is 1. The summed E-state index contributed by atoms with van der Waals surface area (Å²) in [7, 11) is 1.58. The van der Waals surface area contributed by atoms with E-state index < -0.39 is 0 Å². The number of nitrogens with one attached hydrogen (secondary N) is 2. The molecule has 10 nitrogen and oxygen atoms in total. The minimum atomic E-state index is -0.300. The Morgan fingerprint density at radius 2 is 2.17 bits per heavy atom. The van der Waals surface area contributed by atoms with Crippen LogP contribution in [0.15, 0.2) is 34.3 Å². The van der Waals surface area contributed by atoms with Gasteiger partial charge in [0.2, 0.25) is 0 Å². The van der Waals surface area contributed by atoms with Crippen LogP contribution >= 0.6 is 0 Å². The topological polar surface area (TPSA) is 126 Å². The molecule has 10 heteroatoms. The highest BCUT2D eigenvalue weighted by Gasteiger charge is 2.21. The third-order valence-electron chi connectivity index (χ3n) is 4.78. The van der Waals surface area contributed by atoms with Crippen LogP contribution in [0.1, 0.15) is 56.2 Å². The smallest absolute Gasteiger partial charge is 0.275 e. The van der Waals surface area contributed by atoms with Crippen molar-refractivity contribution in [3.05, 3.63) is 40.7 Å². The molecule has 2 aromatic heterocycles. The van der Waals surface area contributed by atoms with Crippen LogP contribution in [0.4, 0.5) is 11.5 Å². The second-order valence-corrected chi connectivity index (χ2v) is 8.55. The number of rotatable bonds is 7. The molecule has 2 heterocycles. The summed E-state index contributed by atoms with van der Waals surface area (Å²) in [5.41, 5.74) is 2.88. The summed E-state index contributed by atoms with van der Waals surface area (Å²) in [5, 5.41) is 17.5. The van der Waals surface area contributed by atoms with Crippen LogP contribution in [0.2, 0.25) is 0 Å². The van der Waals surface area contributed by atoms with Gasteiger partial charge in [0.15, 0.2) is 11.5 Å². The summed E-state index contributed by atoms with van der Waals surface area (Å²) < 4.78 is 4.46. The molecule has 0 saturated carbocycles. The van der Waals surface area contributed by atoms with E-state index in [4.69, 9.17) is 0 Å². The fourth-order valence-electron chi connectivity index (χ4n) is 3.13. The first-order chi connectivity index (χ1) is 14.3. The second kappa shape index (κ2) is 9.02. The molecule has 1 aliphatic carbocycles. The van der Waals surface area contributed by atoms with Crippen molar-refractivity contribution in [2.45, 2.75) is 46.1 Å². The van der Waals surface area contributed by atoms with E-state index in [9.17, 15) is 9.70 Å². The van der Waals surface area contributed by atoms with Crippen molar-refractivity contribution in [1.82, 2.24) is 20.6 Å². The maximum atomic E-state index is 12.1. The van der Waals surface area contributed by atoms with Crippen molar-refractivity contribution in [1.29, 1.82) is 0 Å². The summed E-state index contributed by atoms with van der Waals surface area (Å²) in [6, 6.07) is 3.88. The highest BCUT2D eigenvalue weighted by Crippen LogP contribution is 2.31. The summed E-state index contributed by atoms with van der Waals surface area (Å²) in [4.78, 5) is 27.9. The first kappa shape index (κ1) is 21.4. The Morgan fingerprint density at radius 3 is 2.77 bits per heavy atom. The minimum Gasteiger partial charge on any atom is -0.381 e. The summed E-state index contributed by atoms with van der Waals surface area (Å²) in [6.07, 6.45) is 5.55. The first-order valence-electron chi connectivity index (χ1n) is 9.86. The monoisotopic (exact) mass is 413 g/mol. The van der Waals surface area contributed by atoms with Gasteiger partial charge in [-0.05, 0) is 47.5 Å². The lowest BCUT2D eigenvalue weighted by molar-refractivity contribution is 0.0925. The van der Waals surface area contributed by atoms with Gasteiger partial charge in [0.25, 0.3) is 5.91 Å². The van der Waals surface area contributed by atoms with Crippen LogP contribution < -0.4 is 15.6 Å².